The molecular weight excluding hydrogens is 330 g/mol. The van der Waals surface area contributed by atoms with Gasteiger partial charge in [0.25, 0.3) is 0 Å². The predicted octanol–water partition coefficient (Wildman–Crippen LogP) is 3.28. The van der Waals surface area contributed by atoms with Gasteiger partial charge in [-0.3, -0.25) is 5.10 Å². The van der Waals surface area contributed by atoms with Gasteiger partial charge in [0.15, 0.2) is 5.69 Å². The highest BCUT2D eigenvalue weighted by molar-refractivity contribution is 5.99. The number of anilines is 1. The summed E-state index contributed by atoms with van der Waals surface area (Å²) in [7, 11) is 0. The molecule has 0 amide bonds. The first-order chi connectivity index (χ1) is 12.7. The standard InChI is InChI=1S/C20H19N3O3/c24-20(25)19-17(14-5-2-1-3-6-14)18(21-22-19)15-7-4-8-16(13-15)23-9-11-26-12-10-23/h1-8,13H,9-12H2,(H,21,22)(H,24,25). The summed E-state index contributed by atoms with van der Waals surface area (Å²) in [4.78, 5) is 13.9. The minimum atomic E-state index is -1.02. The summed E-state index contributed by atoms with van der Waals surface area (Å²) >= 11 is 0. The van der Waals surface area contributed by atoms with E-state index in [9.17, 15) is 9.90 Å². The van der Waals surface area contributed by atoms with E-state index in [1.807, 2.05) is 42.5 Å². The molecule has 1 aliphatic heterocycles. The summed E-state index contributed by atoms with van der Waals surface area (Å²) in [5, 5.41) is 16.6. The maximum absolute atomic E-state index is 11.7. The molecule has 0 atom stereocenters. The molecule has 2 heterocycles. The van der Waals surface area contributed by atoms with Gasteiger partial charge in [0.2, 0.25) is 0 Å². The number of carboxylic acids is 1. The molecule has 4 rings (SSSR count). The van der Waals surface area contributed by atoms with Gasteiger partial charge in [0.05, 0.1) is 13.2 Å². The monoisotopic (exact) mass is 349 g/mol. The van der Waals surface area contributed by atoms with Gasteiger partial charge in [-0.1, -0.05) is 42.5 Å². The van der Waals surface area contributed by atoms with Crippen molar-refractivity contribution in [2.45, 2.75) is 0 Å². The van der Waals surface area contributed by atoms with Gasteiger partial charge >= 0.3 is 5.97 Å². The van der Waals surface area contributed by atoms with Gasteiger partial charge in [-0.2, -0.15) is 5.10 Å². The van der Waals surface area contributed by atoms with Crippen molar-refractivity contribution in [3.05, 3.63) is 60.3 Å². The van der Waals surface area contributed by atoms with Crippen molar-refractivity contribution in [3.63, 3.8) is 0 Å². The van der Waals surface area contributed by atoms with Crippen LogP contribution >= 0.6 is 0 Å². The van der Waals surface area contributed by atoms with Gasteiger partial charge in [0.1, 0.15) is 5.69 Å². The number of carboxylic acid groups (broad SMARTS) is 1. The number of ether oxygens (including phenoxy) is 1. The Hall–Kier alpha value is -3.12. The van der Waals surface area contributed by atoms with E-state index in [1.165, 1.54) is 0 Å². The number of nitrogens with one attached hydrogen (secondary N) is 1. The fourth-order valence-electron chi connectivity index (χ4n) is 3.26. The van der Waals surface area contributed by atoms with Crippen LogP contribution in [0.15, 0.2) is 54.6 Å². The molecule has 0 saturated carbocycles. The van der Waals surface area contributed by atoms with Crippen LogP contribution in [0.4, 0.5) is 5.69 Å². The quantitative estimate of drug-likeness (QED) is 0.756. The van der Waals surface area contributed by atoms with Crippen LogP contribution < -0.4 is 4.90 Å². The van der Waals surface area contributed by atoms with Gasteiger partial charge < -0.3 is 14.7 Å². The second-order valence-corrected chi connectivity index (χ2v) is 6.14. The number of morpholine rings is 1. The zero-order valence-corrected chi connectivity index (χ0v) is 14.2. The minimum Gasteiger partial charge on any atom is -0.477 e. The molecule has 2 aromatic carbocycles. The number of aromatic carboxylic acids is 1. The number of H-pyrrole nitrogens is 1. The van der Waals surface area contributed by atoms with Crippen molar-refractivity contribution in [1.82, 2.24) is 10.2 Å². The molecule has 3 aromatic rings. The number of rotatable bonds is 4. The van der Waals surface area contributed by atoms with E-state index in [1.54, 1.807) is 0 Å². The van der Waals surface area contributed by atoms with Crippen LogP contribution in [-0.4, -0.2) is 47.6 Å². The zero-order chi connectivity index (χ0) is 17.9. The maximum Gasteiger partial charge on any atom is 0.354 e. The third kappa shape index (κ3) is 3.07. The third-order valence-corrected chi connectivity index (χ3v) is 4.54. The Morgan fingerprint density at radius 1 is 1.04 bits per heavy atom. The Bertz CT molecular complexity index is 915. The predicted molar refractivity (Wildman–Crippen MR) is 99.5 cm³/mol. The summed E-state index contributed by atoms with van der Waals surface area (Å²) in [6.07, 6.45) is 0. The molecule has 1 aromatic heterocycles. The summed E-state index contributed by atoms with van der Waals surface area (Å²) in [5.74, 6) is -1.02. The van der Waals surface area contributed by atoms with Crippen LogP contribution in [0.1, 0.15) is 10.5 Å². The average molecular weight is 349 g/mol. The Morgan fingerprint density at radius 3 is 2.50 bits per heavy atom. The number of carbonyl (C=O) groups is 1. The summed E-state index contributed by atoms with van der Waals surface area (Å²) in [6, 6.07) is 17.5. The molecule has 6 nitrogen and oxygen atoms in total. The van der Waals surface area contributed by atoms with Crippen molar-refractivity contribution in [2.24, 2.45) is 0 Å². The SMILES string of the molecule is O=C(O)c1[nH]nc(-c2cccc(N3CCOCC3)c2)c1-c1ccccc1. The van der Waals surface area contributed by atoms with E-state index in [-0.39, 0.29) is 5.69 Å². The normalized spacial score (nSPS) is 14.4. The highest BCUT2D eigenvalue weighted by Gasteiger charge is 2.21. The van der Waals surface area contributed by atoms with Gasteiger partial charge in [-0.25, -0.2) is 4.79 Å². The molecular formula is C20H19N3O3. The topological polar surface area (TPSA) is 78.4 Å². The largest absolute Gasteiger partial charge is 0.477 e. The summed E-state index contributed by atoms with van der Waals surface area (Å²) in [5.41, 5.74) is 4.15. The smallest absolute Gasteiger partial charge is 0.354 e. The van der Waals surface area contributed by atoms with Crippen molar-refractivity contribution >= 4 is 11.7 Å². The molecule has 0 radical (unpaired) electrons. The molecule has 132 valence electrons. The first-order valence-electron chi connectivity index (χ1n) is 8.54. The molecule has 0 aliphatic carbocycles. The fraction of sp³-hybridized carbons (Fsp3) is 0.200. The van der Waals surface area contributed by atoms with Crippen LogP contribution in [0.5, 0.6) is 0 Å². The summed E-state index contributed by atoms with van der Waals surface area (Å²) < 4.78 is 5.42. The Balaban J connectivity index is 1.80. The van der Waals surface area contributed by atoms with Gasteiger partial charge in [0, 0.05) is 29.9 Å². The lowest BCUT2D eigenvalue weighted by Crippen LogP contribution is -2.36. The number of aromatic amines is 1. The molecule has 1 fully saturated rings. The van der Waals surface area contributed by atoms with E-state index in [0.717, 1.165) is 29.9 Å². The second kappa shape index (κ2) is 7.01. The number of nitrogens with zero attached hydrogens (tertiary/aromatic N) is 2. The van der Waals surface area contributed by atoms with Crippen molar-refractivity contribution in [3.8, 4) is 22.4 Å². The van der Waals surface area contributed by atoms with E-state index in [4.69, 9.17) is 4.74 Å². The van der Waals surface area contributed by atoms with Crippen molar-refractivity contribution in [1.29, 1.82) is 0 Å². The van der Waals surface area contributed by atoms with Crippen molar-refractivity contribution < 1.29 is 14.6 Å². The molecule has 0 spiro atoms. The lowest BCUT2D eigenvalue weighted by molar-refractivity contribution is 0.0691. The van der Waals surface area contributed by atoms with Gasteiger partial charge in [-0.15, -0.1) is 0 Å². The number of hydrogen-bond donors (Lipinski definition) is 2. The van der Waals surface area contributed by atoms with Crippen LogP contribution in [0.3, 0.4) is 0 Å². The van der Waals surface area contributed by atoms with E-state index in [2.05, 4.69) is 27.2 Å². The second-order valence-electron chi connectivity index (χ2n) is 6.14. The highest BCUT2D eigenvalue weighted by atomic mass is 16.5. The first kappa shape index (κ1) is 16.4. The number of benzene rings is 2. The lowest BCUT2D eigenvalue weighted by Gasteiger charge is -2.29. The van der Waals surface area contributed by atoms with Crippen molar-refractivity contribution in [2.75, 3.05) is 31.2 Å². The molecule has 1 aliphatic rings. The molecule has 1 saturated heterocycles. The third-order valence-electron chi connectivity index (χ3n) is 4.54. The maximum atomic E-state index is 11.7. The molecule has 6 heteroatoms. The first-order valence-corrected chi connectivity index (χ1v) is 8.54. The van der Waals surface area contributed by atoms with Crippen LogP contribution in [0.25, 0.3) is 22.4 Å². The number of hydrogen-bond acceptors (Lipinski definition) is 4. The highest BCUT2D eigenvalue weighted by Crippen LogP contribution is 2.34. The number of aromatic nitrogens is 2. The minimum absolute atomic E-state index is 0.1000. The van der Waals surface area contributed by atoms with Crippen LogP contribution in [0, 0.1) is 0 Å². The van der Waals surface area contributed by atoms with Gasteiger partial charge in [-0.05, 0) is 17.7 Å². The summed E-state index contributed by atoms with van der Waals surface area (Å²) in [6.45, 7) is 3.11. The lowest BCUT2D eigenvalue weighted by atomic mass is 9.98. The van der Waals surface area contributed by atoms with Crippen LogP contribution in [-0.2, 0) is 4.74 Å². The Morgan fingerprint density at radius 2 is 1.77 bits per heavy atom. The Kier molecular flexibility index (Phi) is 4.41. The molecule has 0 unspecified atom stereocenters. The van der Waals surface area contributed by atoms with E-state index >= 15 is 0 Å². The molecule has 26 heavy (non-hydrogen) atoms. The van der Waals surface area contributed by atoms with Crippen LogP contribution in [0.2, 0.25) is 0 Å². The van der Waals surface area contributed by atoms with E-state index < -0.39 is 5.97 Å². The Labute approximate surface area is 151 Å². The van der Waals surface area contributed by atoms with E-state index in [0.29, 0.717) is 24.5 Å². The molecule has 0 bridgehead atoms. The average Bonchev–Trinajstić information content (AvgIpc) is 3.15. The fourth-order valence-corrected chi connectivity index (χ4v) is 3.26. The zero-order valence-electron chi connectivity index (χ0n) is 14.2. The molecule has 2 N–H and O–H groups in total.